The van der Waals surface area contributed by atoms with E-state index in [1.165, 1.54) is 5.56 Å². The molecule has 0 aliphatic heterocycles. The summed E-state index contributed by atoms with van der Waals surface area (Å²) >= 11 is 7.00. The van der Waals surface area contributed by atoms with E-state index in [2.05, 4.69) is 80.5 Å². The highest BCUT2D eigenvalue weighted by molar-refractivity contribution is 9.10. The first-order valence-corrected chi connectivity index (χ1v) is 7.49. The Morgan fingerprint density at radius 3 is 2.33 bits per heavy atom. The lowest BCUT2D eigenvalue weighted by Gasteiger charge is -2.16. The van der Waals surface area contributed by atoms with Crippen molar-refractivity contribution >= 4 is 37.5 Å². The van der Waals surface area contributed by atoms with Gasteiger partial charge in [-0.15, -0.1) is 0 Å². The second-order valence-electron chi connectivity index (χ2n) is 4.36. The Morgan fingerprint density at radius 1 is 1.00 bits per heavy atom. The molecule has 0 spiro atoms. The average Bonchev–Trinajstić information content (AvgIpc) is 2.35. The van der Waals surface area contributed by atoms with Crippen LogP contribution in [0.1, 0.15) is 12.5 Å². The molecule has 3 heteroatoms. The van der Waals surface area contributed by atoms with E-state index in [-0.39, 0.29) is 0 Å². The molecule has 0 saturated carbocycles. The van der Waals surface area contributed by atoms with Crippen LogP contribution < -0.4 is 5.32 Å². The number of benzene rings is 2. The molecule has 18 heavy (non-hydrogen) atoms. The molecule has 0 amide bonds. The van der Waals surface area contributed by atoms with Gasteiger partial charge in [-0.25, -0.2) is 0 Å². The first-order chi connectivity index (χ1) is 8.65. The summed E-state index contributed by atoms with van der Waals surface area (Å²) in [4.78, 5) is 0. The number of anilines is 1. The highest BCUT2D eigenvalue weighted by Gasteiger charge is 2.05. The molecule has 0 aromatic heterocycles. The fraction of sp³-hybridized carbons (Fsp3) is 0.200. The van der Waals surface area contributed by atoms with Crippen LogP contribution in [0.15, 0.2) is 57.5 Å². The van der Waals surface area contributed by atoms with Crippen molar-refractivity contribution in [1.29, 1.82) is 0 Å². The van der Waals surface area contributed by atoms with E-state index in [4.69, 9.17) is 0 Å². The van der Waals surface area contributed by atoms with Gasteiger partial charge >= 0.3 is 0 Å². The lowest BCUT2D eigenvalue weighted by atomic mass is 10.1. The van der Waals surface area contributed by atoms with E-state index in [0.717, 1.165) is 21.1 Å². The Balaban J connectivity index is 1.99. The summed E-state index contributed by atoms with van der Waals surface area (Å²) in [6.45, 7) is 2.20. The minimum Gasteiger partial charge on any atom is -0.381 e. The molecule has 1 atom stereocenters. The van der Waals surface area contributed by atoms with Crippen molar-refractivity contribution in [2.75, 3.05) is 5.32 Å². The van der Waals surface area contributed by atoms with Crippen LogP contribution in [0.2, 0.25) is 0 Å². The summed E-state index contributed by atoms with van der Waals surface area (Å²) in [5, 5.41) is 3.51. The predicted molar refractivity (Wildman–Crippen MR) is 85.1 cm³/mol. The lowest BCUT2D eigenvalue weighted by molar-refractivity contribution is 0.789. The first kappa shape index (κ1) is 13.6. The quantitative estimate of drug-likeness (QED) is 0.776. The van der Waals surface area contributed by atoms with Crippen molar-refractivity contribution < 1.29 is 0 Å². The fourth-order valence-electron chi connectivity index (χ4n) is 1.87. The van der Waals surface area contributed by atoms with Crippen LogP contribution >= 0.6 is 31.9 Å². The molecule has 2 rings (SSSR count). The van der Waals surface area contributed by atoms with Crippen molar-refractivity contribution in [2.24, 2.45) is 0 Å². The molecule has 2 aromatic rings. The molecule has 0 fully saturated rings. The lowest BCUT2D eigenvalue weighted by Crippen LogP contribution is -2.18. The molecule has 1 unspecified atom stereocenters. The van der Waals surface area contributed by atoms with Crippen molar-refractivity contribution in [3.05, 3.63) is 63.0 Å². The van der Waals surface area contributed by atoms with Crippen molar-refractivity contribution in [3.8, 4) is 0 Å². The Hall–Kier alpha value is -0.800. The Kier molecular flexibility index (Phi) is 4.84. The largest absolute Gasteiger partial charge is 0.381 e. The molecule has 0 aliphatic rings. The minimum absolute atomic E-state index is 0.393. The van der Waals surface area contributed by atoms with Gasteiger partial charge in [-0.05, 0) is 59.1 Å². The third-order valence-electron chi connectivity index (χ3n) is 2.73. The summed E-state index contributed by atoms with van der Waals surface area (Å²) in [7, 11) is 0. The Morgan fingerprint density at radius 2 is 1.67 bits per heavy atom. The highest BCUT2D eigenvalue weighted by atomic mass is 79.9. The number of hydrogen-bond acceptors (Lipinski definition) is 1. The van der Waals surface area contributed by atoms with Crippen LogP contribution in [0.4, 0.5) is 5.69 Å². The van der Waals surface area contributed by atoms with E-state index in [0.29, 0.717) is 6.04 Å². The van der Waals surface area contributed by atoms with E-state index < -0.39 is 0 Å². The molecule has 94 valence electrons. The van der Waals surface area contributed by atoms with Crippen LogP contribution in [0.5, 0.6) is 0 Å². The highest BCUT2D eigenvalue weighted by Crippen LogP contribution is 2.22. The zero-order chi connectivity index (χ0) is 13.0. The van der Waals surface area contributed by atoms with Gasteiger partial charge in [-0.2, -0.15) is 0 Å². The van der Waals surface area contributed by atoms with E-state index in [1.807, 2.05) is 12.1 Å². The van der Waals surface area contributed by atoms with E-state index in [1.54, 1.807) is 0 Å². The number of halogens is 2. The van der Waals surface area contributed by atoms with E-state index >= 15 is 0 Å². The number of rotatable bonds is 4. The monoisotopic (exact) mass is 367 g/mol. The molecule has 1 N–H and O–H groups in total. The van der Waals surface area contributed by atoms with Gasteiger partial charge in [0.05, 0.1) is 0 Å². The van der Waals surface area contributed by atoms with Gasteiger partial charge in [0.2, 0.25) is 0 Å². The SMILES string of the molecule is CC(Cc1ccc(Br)cc1)Nc1ccccc1Br. The Bertz CT molecular complexity index is 508. The second kappa shape index (κ2) is 6.39. The van der Waals surface area contributed by atoms with Gasteiger partial charge in [-0.3, -0.25) is 0 Å². The van der Waals surface area contributed by atoms with Gasteiger partial charge in [0.15, 0.2) is 0 Å². The van der Waals surface area contributed by atoms with Gasteiger partial charge in [0.25, 0.3) is 0 Å². The zero-order valence-electron chi connectivity index (χ0n) is 10.2. The molecule has 0 radical (unpaired) electrons. The van der Waals surface area contributed by atoms with Crippen LogP contribution in [0.25, 0.3) is 0 Å². The molecular formula is C15H15Br2N. The summed E-state index contributed by atoms with van der Waals surface area (Å²) in [6, 6.07) is 17.1. The first-order valence-electron chi connectivity index (χ1n) is 5.90. The standard InChI is InChI=1S/C15H15Br2N/c1-11(10-12-6-8-13(16)9-7-12)18-15-5-3-2-4-14(15)17/h2-9,11,18H,10H2,1H3. The molecule has 0 bridgehead atoms. The number of hydrogen-bond donors (Lipinski definition) is 1. The van der Waals surface area contributed by atoms with Crippen LogP contribution in [-0.2, 0) is 6.42 Å². The summed E-state index contributed by atoms with van der Waals surface area (Å²) < 4.78 is 2.23. The summed E-state index contributed by atoms with van der Waals surface area (Å²) in [5.41, 5.74) is 2.48. The van der Waals surface area contributed by atoms with Crippen LogP contribution in [0, 0.1) is 0 Å². The normalized spacial score (nSPS) is 12.2. The molecule has 0 saturated heterocycles. The number of nitrogens with one attached hydrogen (secondary N) is 1. The Labute approximate surface area is 125 Å². The third-order valence-corrected chi connectivity index (χ3v) is 3.95. The minimum atomic E-state index is 0.393. The van der Waals surface area contributed by atoms with E-state index in [9.17, 15) is 0 Å². The molecular weight excluding hydrogens is 354 g/mol. The molecule has 0 aliphatic carbocycles. The molecule has 0 heterocycles. The van der Waals surface area contributed by atoms with Gasteiger partial charge in [0, 0.05) is 20.7 Å². The van der Waals surface area contributed by atoms with Crippen LogP contribution in [0.3, 0.4) is 0 Å². The van der Waals surface area contributed by atoms with Gasteiger partial charge in [-0.1, -0.05) is 40.2 Å². The van der Waals surface area contributed by atoms with Crippen molar-refractivity contribution in [1.82, 2.24) is 0 Å². The van der Waals surface area contributed by atoms with Gasteiger partial charge in [0.1, 0.15) is 0 Å². The fourth-order valence-corrected chi connectivity index (χ4v) is 2.53. The average molecular weight is 369 g/mol. The van der Waals surface area contributed by atoms with Crippen molar-refractivity contribution in [3.63, 3.8) is 0 Å². The predicted octanol–water partition coefficient (Wildman–Crippen LogP) is 5.25. The summed E-state index contributed by atoms with van der Waals surface area (Å²) in [5.74, 6) is 0. The molecule has 1 nitrogen and oxygen atoms in total. The topological polar surface area (TPSA) is 12.0 Å². The van der Waals surface area contributed by atoms with Crippen molar-refractivity contribution in [2.45, 2.75) is 19.4 Å². The third kappa shape index (κ3) is 3.85. The maximum Gasteiger partial charge on any atom is 0.0486 e. The van der Waals surface area contributed by atoms with Gasteiger partial charge < -0.3 is 5.32 Å². The smallest absolute Gasteiger partial charge is 0.0486 e. The van der Waals surface area contributed by atoms with Crippen LogP contribution in [-0.4, -0.2) is 6.04 Å². The second-order valence-corrected chi connectivity index (χ2v) is 6.13. The maximum absolute atomic E-state index is 3.55. The molecule has 2 aromatic carbocycles. The zero-order valence-corrected chi connectivity index (χ0v) is 13.3. The summed E-state index contributed by atoms with van der Waals surface area (Å²) in [6.07, 6.45) is 1.01. The maximum atomic E-state index is 3.55. The number of para-hydroxylation sites is 1.